The second kappa shape index (κ2) is 8.27. The number of ether oxygens (including phenoxy) is 1. The quantitative estimate of drug-likeness (QED) is 0.849. The number of benzene rings is 1. The van der Waals surface area contributed by atoms with Crippen LogP contribution < -0.4 is 10.5 Å². The Morgan fingerprint density at radius 2 is 1.78 bits per heavy atom. The summed E-state index contributed by atoms with van der Waals surface area (Å²) in [6.45, 7) is 1.40. The summed E-state index contributed by atoms with van der Waals surface area (Å²) in [6, 6.07) is 6.45. The molecule has 104 valence electrons. The number of hydrogen-bond donors (Lipinski definition) is 1. The van der Waals surface area contributed by atoms with Crippen LogP contribution in [-0.4, -0.2) is 6.61 Å². The predicted octanol–water partition coefficient (Wildman–Crippen LogP) is 4.15. The highest BCUT2D eigenvalue weighted by Gasteiger charge is 2.14. The monoisotopic (exact) mass is 279 g/mol. The van der Waals surface area contributed by atoms with Gasteiger partial charge in [0.2, 0.25) is 0 Å². The van der Waals surface area contributed by atoms with Gasteiger partial charge >= 0.3 is 6.61 Å². The highest BCUT2D eigenvalue weighted by atomic mass is 35.5. The summed E-state index contributed by atoms with van der Waals surface area (Å²) < 4.78 is 28.9. The molecule has 18 heavy (non-hydrogen) atoms. The third kappa shape index (κ3) is 5.65. The molecule has 0 aliphatic heterocycles. The molecule has 0 aliphatic carbocycles. The molecular weight excluding hydrogens is 260 g/mol. The standard InChI is InChI=1S/C13H19F2NO.ClH/c1-9(2)7-8-11(16)10-5-3-4-6-12(10)17-13(14)15;/h3-6,9,11,13H,7-8,16H2,1-2H3;1H/t11-;/m1./s1. The van der Waals surface area contributed by atoms with E-state index in [9.17, 15) is 8.78 Å². The molecule has 0 unspecified atom stereocenters. The Morgan fingerprint density at radius 1 is 1.17 bits per heavy atom. The molecule has 0 spiro atoms. The molecule has 1 aromatic rings. The van der Waals surface area contributed by atoms with Gasteiger partial charge in [-0.15, -0.1) is 12.4 Å². The predicted molar refractivity (Wildman–Crippen MR) is 71.3 cm³/mol. The molecule has 0 heterocycles. The lowest BCUT2D eigenvalue weighted by Crippen LogP contribution is -2.14. The van der Waals surface area contributed by atoms with Crippen molar-refractivity contribution in [2.45, 2.75) is 39.3 Å². The third-order valence-corrected chi connectivity index (χ3v) is 2.59. The van der Waals surface area contributed by atoms with Crippen molar-refractivity contribution < 1.29 is 13.5 Å². The highest BCUT2D eigenvalue weighted by Crippen LogP contribution is 2.28. The first-order valence-electron chi connectivity index (χ1n) is 5.80. The van der Waals surface area contributed by atoms with E-state index in [1.165, 1.54) is 6.07 Å². The summed E-state index contributed by atoms with van der Waals surface area (Å²) in [5, 5.41) is 0. The maximum atomic E-state index is 12.2. The summed E-state index contributed by atoms with van der Waals surface area (Å²) in [5.41, 5.74) is 6.64. The van der Waals surface area contributed by atoms with Crippen LogP contribution in [0.3, 0.4) is 0 Å². The lowest BCUT2D eigenvalue weighted by atomic mass is 9.98. The second-order valence-corrected chi connectivity index (χ2v) is 4.49. The fraction of sp³-hybridized carbons (Fsp3) is 0.538. The van der Waals surface area contributed by atoms with Crippen LogP contribution in [0, 0.1) is 5.92 Å². The number of rotatable bonds is 6. The minimum Gasteiger partial charge on any atom is -0.434 e. The zero-order chi connectivity index (χ0) is 12.8. The fourth-order valence-electron chi connectivity index (χ4n) is 1.66. The van der Waals surface area contributed by atoms with Crippen molar-refractivity contribution >= 4 is 12.4 Å². The van der Waals surface area contributed by atoms with Crippen LogP contribution in [0.5, 0.6) is 5.75 Å². The molecule has 0 saturated carbocycles. The minimum absolute atomic E-state index is 0. The topological polar surface area (TPSA) is 35.2 Å². The number of halogens is 3. The van der Waals surface area contributed by atoms with Crippen LogP contribution in [0.2, 0.25) is 0 Å². The maximum absolute atomic E-state index is 12.2. The van der Waals surface area contributed by atoms with Gasteiger partial charge in [-0.25, -0.2) is 0 Å². The molecule has 0 aliphatic rings. The molecule has 2 nitrogen and oxygen atoms in total. The van der Waals surface area contributed by atoms with Crippen LogP contribution in [0.15, 0.2) is 24.3 Å². The van der Waals surface area contributed by atoms with Gasteiger partial charge in [-0.05, 0) is 24.8 Å². The first kappa shape index (κ1) is 17.1. The van der Waals surface area contributed by atoms with Crippen LogP contribution in [0.25, 0.3) is 0 Å². The summed E-state index contributed by atoms with van der Waals surface area (Å²) in [5.74, 6) is 0.725. The van der Waals surface area contributed by atoms with E-state index in [-0.39, 0.29) is 24.2 Å². The Labute approximate surface area is 113 Å². The molecule has 1 aromatic carbocycles. The number of alkyl halides is 2. The highest BCUT2D eigenvalue weighted by molar-refractivity contribution is 5.85. The second-order valence-electron chi connectivity index (χ2n) is 4.49. The SMILES string of the molecule is CC(C)CC[C@@H](N)c1ccccc1OC(F)F.Cl. The van der Waals surface area contributed by atoms with Gasteiger partial charge < -0.3 is 10.5 Å². The molecular formula is C13H20ClF2NO. The van der Waals surface area contributed by atoms with Crippen LogP contribution in [0.4, 0.5) is 8.78 Å². The lowest BCUT2D eigenvalue weighted by Gasteiger charge is -2.17. The molecule has 0 bridgehead atoms. The van der Waals surface area contributed by atoms with Crippen molar-refractivity contribution in [1.82, 2.24) is 0 Å². The Hall–Kier alpha value is -0.870. The summed E-state index contributed by atoms with van der Waals surface area (Å²) >= 11 is 0. The van der Waals surface area contributed by atoms with E-state index in [2.05, 4.69) is 18.6 Å². The Kier molecular flexibility index (Phi) is 7.87. The summed E-state index contributed by atoms with van der Waals surface area (Å²) in [6.07, 6.45) is 1.73. The van der Waals surface area contributed by atoms with E-state index in [0.717, 1.165) is 12.8 Å². The molecule has 1 atom stereocenters. The maximum Gasteiger partial charge on any atom is 0.387 e. The molecule has 0 fully saturated rings. The molecule has 2 N–H and O–H groups in total. The van der Waals surface area contributed by atoms with Gasteiger partial charge in [0.25, 0.3) is 0 Å². The van der Waals surface area contributed by atoms with E-state index in [4.69, 9.17) is 5.73 Å². The van der Waals surface area contributed by atoms with E-state index >= 15 is 0 Å². The van der Waals surface area contributed by atoms with Gasteiger partial charge in [0, 0.05) is 11.6 Å². The average molecular weight is 280 g/mol. The summed E-state index contributed by atoms with van der Waals surface area (Å²) in [7, 11) is 0. The normalized spacial score (nSPS) is 12.4. The zero-order valence-electron chi connectivity index (χ0n) is 10.6. The molecule has 0 saturated heterocycles. The Balaban J connectivity index is 0.00000289. The van der Waals surface area contributed by atoms with Gasteiger partial charge in [-0.2, -0.15) is 8.78 Å². The lowest BCUT2D eigenvalue weighted by molar-refractivity contribution is -0.0506. The van der Waals surface area contributed by atoms with E-state index in [0.29, 0.717) is 11.5 Å². The van der Waals surface area contributed by atoms with Crippen LogP contribution in [-0.2, 0) is 0 Å². The van der Waals surface area contributed by atoms with Gasteiger partial charge in [-0.1, -0.05) is 32.0 Å². The zero-order valence-corrected chi connectivity index (χ0v) is 11.4. The Bertz CT molecular complexity index is 348. The molecule has 5 heteroatoms. The smallest absolute Gasteiger partial charge is 0.387 e. The van der Waals surface area contributed by atoms with Crippen molar-refractivity contribution in [3.05, 3.63) is 29.8 Å². The number of para-hydroxylation sites is 1. The van der Waals surface area contributed by atoms with Gasteiger partial charge in [0.05, 0.1) is 0 Å². The van der Waals surface area contributed by atoms with Crippen molar-refractivity contribution in [3.63, 3.8) is 0 Å². The van der Waals surface area contributed by atoms with Crippen molar-refractivity contribution in [2.24, 2.45) is 11.7 Å². The van der Waals surface area contributed by atoms with E-state index in [1.54, 1.807) is 18.2 Å². The Morgan fingerprint density at radius 3 is 2.33 bits per heavy atom. The van der Waals surface area contributed by atoms with E-state index in [1.807, 2.05) is 0 Å². The van der Waals surface area contributed by atoms with Gasteiger partial charge in [0.1, 0.15) is 5.75 Å². The third-order valence-electron chi connectivity index (χ3n) is 2.59. The number of nitrogens with two attached hydrogens (primary N) is 1. The van der Waals surface area contributed by atoms with Crippen molar-refractivity contribution in [2.75, 3.05) is 0 Å². The molecule has 0 aromatic heterocycles. The van der Waals surface area contributed by atoms with Gasteiger partial charge in [0.15, 0.2) is 0 Å². The largest absolute Gasteiger partial charge is 0.434 e. The van der Waals surface area contributed by atoms with Crippen molar-refractivity contribution in [3.8, 4) is 5.75 Å². The first-order valence-corrected chi connectivity index (χ1v) is 5.80. The van der Waals surface area contributed by atoms with Gasteiger partial charge in [-0.3, -0.25) is 0 Å². The first-order chi connectivity index (χ1) is 8.00. The number of hydrogen-bond acceptors (Lipinski definition) is 2. The summed E-state index contributed by atoms with van der Waals surface area (Å²) in [4.78, 5) is 0. The molecule has 0 radical (unpaired) electrons. The van der Waals surface area contributed by atoms with Crippen LogP contribution >= 0.6 is 12.4 Å². The van der Waals surface area contributed by atoms with Crippen LogP contribution in [0.1, 0.15) is 38.3 Å². The van der Waals surface area contributed by atoms with Crippen molar-refractivity contribution in [1.29, 1.82) is 0 Å². The molecule has 0 amide bonds. The minimum atomic E-state index is -2.81. The molecule has 1 rings (SSSR count). The van der Waals surface area contributed by atoms with E-state index < -0.39 is 6.61 Å². The average Bonchev–Trinajstić information content (AvgIpc) is 2.25. The fourth-order valence-corrected chi connectivity index (χ4v) is 1.66.